The van der Waals surface area contributed by atoms with Gasteiger partial charge in [-0.1, -0.05) is 0 Å². The van der Waals surface area contributed by atoms with Gasteiger partial charge in [0.15, 0.2) is 0 Å². The third-order valence-corrected chi connectivity index (χ3v) is 3.29. The van der Waals surface area contributed by atoms with E-state index in [-0.39, 0.29) is 5.56 Å². The van der Waals surface area contributed by atoms with Gasteiger partial charge in [0.1, 0.15) is 11.6 Å². The average molecular weight is 330 g/mol. The van der Waals surface area contributed by atoms with Crippen LogP contribution in [-0.4, -0.2) is 17.8 Å². The second-order valence-corrected chi connectivity index (χ2v) is 4.99. The number of aromatic nitrogens is 1. The number of nitrogens with two attached hydrogens (primary N) is 1. The molecule has 2 rings (SSSR count). The van der Waals surface area contributed by atoms with Crippen LogP contribution in [0.3, 0.4) is 0 Å². The summed E-state index contributed by atoms with van der Waals surface area (Å²) in [6.07, 6.45) is -3.18. The third-order valence-electron chi connectivity index (χ3n) is 2.52. The topological polar surface area (TPSA) is 72.5 Å². The van der Waals surface area contributed by atoms with E-state index in [1.807, 2.05) is 0 Å². The third kappa shape index (κ3) is 4.10. The van der Waals surface area contributed by atoms with E-state index >= 15 is 0 Å². The molecule has 0 aliphatic rings. The molecule has 0 bridgehead atoms. The van der Waals surface area contributed by atoms with Gasteiger partial charge in [0.2, 0.25) is 5.13 Å². The molecule has 5 nitrogen and oxygen atoms in total. The first-order valence-corrected chi connectivity index (χ1v) is 7.12. The standard InChI is InChI=1S/C13H13F3N4OS/c1-2-21-10-4-3-9(13(14,15)16)5-8(10)6-18-20-12-19-11(17)7-22-12/h3-7H,2,17H2,1H3,(H,19,20). The molecule has 1 aromatic carbocycles. The number of alkyl halides is 3. The number of ether oxygens (including phenoxy) is 1. The molecule has 0 saturated heterocycles. The van der Waals surface area contributed by atoms with Gasteiger partial charge in [-0.15, -0.1) is 11.3 Å². The fourth-order valence-corrected chi connectivity index (χ4v) is 2.16. The van der Waals surface area contributed by atoms with E-state index in [0.717, 1.165) is 12.1 Å². The number of nitrogens with zero attached hydrogens (tertiary/aromatic N) is 2. The van der Waals surface area contributed by atoms with Crippen LogP contribution in [0.5, 0.6) is 5.75 Å². The lowest BCUT2D eigenvalue weighted by molar-refractivity contribution is -0.137. The van der Waals surface area contributed by atoms with Crippen molar-refractivity contribution in [3.8, 4) is 5.75 Å². The Kier molecular flexibility index (Phi) is 4.86. The second-order valence-electron chi connectivity index (χ2n) is 4.13. The number of nitrogen functional groups attached to an aromatic ring is 1. The van der Waals surface area contributed by atoms with Crippen LogP contribution in [0.15, 0.2) is 28.7 Å². The zero-order valence-corrected chi connectivity index (χ0v) is 12.3. The van der Waals surface area contributed by atoms with Gasteiger partial charge < -0.3 is 10.5 Å². The van der Waals surface area contributed by atoms with Crippen LogP contribution in [0.2, 0.25) is 0 Å². The van der Waals surface area contributed by atoms with Crippen LogP contribution < -0.4 is 15.9 Å². The van der Waals surface area contributed by atoms with Crippen molar-refractivity contribution in [1.29, 1.82) is 0 Å². The predicted molar refractivity (Wildman–Crippen MR) is 80.4 cm³/mol. The Balaban J connectivity index is 2.22. The fourth-order valence-electron chi connectivity index (χ4n) is 1.61. The van der Waals surface area contributed by atoms with E-state index in [1.165, 1.54) is 23.6 Å². The van der Waals surface area contributed by atoms with Gasteiger partial charge in [0.25, 0.3) is 0 Å². The van der Waals surface area contributed by atoms with Crippen LogP contribution in [0.4, 0.5) is 24.1 Å². The highest BCUT2D eigenvalue weighted by atomic mass is 32.1. The van der Waals surface area contributed by atoms with Crippen LogP contribution >= 0.6 is 11.3 Å². The minimum Gasteiger partial charge on any atom is -0.493 e. The van der Waals surface area contributed by atoms with Gasteiger partial charge in [-0.25, -0.2) is 4.98 Å². The minimum atomic E-state index is -4.43. The Bertz CT molecular complexity index is 670. The molecular formula is C13H13F3N4OS. The molecule has 9 heteroatoms. The van der Waals surface area contributed by atoms with E-state index in [1.54, 1.807) is 12.3 Å². The predicted octanol–water partition coefficient (Wildman–Crippen LogP) is 3.59. The largest absolute Gasteiger partial charge is 0.493 e. The van der Waals surface area contributed by atoms with Gasteiger partial charge in [-0.2, -0.15) is 18.3 Å². The van der Waals surface area contributed by atoms with E-state index in [2.05, 4.69) is 15.5 Å². The maximum Gasteiger partial charge on any atom is 0.416 e. The average Bonchev–Trinajstić information content (AvgIpc) is 2.85. The molecule has 1 aromatic heterocycles. The van der Waals surface area contributed by atoms with Crippen molar-refractivity contribution >= 4 is 28.5 Å². The number of halogens is 3. The minimum absolute atomic E-state index is 0.216. The highest BCUT2D eigenvalue weighted by Crippen LogP contribution is 2.32. The molecule has 0 aliphatic carbocycles. The number of nitrogens with one attached hydrogen (secondary N) is 1. The molecule has 0 spiro atoms. The van der Waals surface area contributed by atoms with Gasteiger partial charge in [-0.05, 0) is 25.1 Å². The van der Waals surface area contributed by atoms with Crippen LogP contribution in [-0.2, 0) is 6.18 Å². The van der Waals surface area contributed by atoms with E-state index in [4.69, 9.17) is 10.5 Å². The van der Waals surface area contributed by atoms with Crippen molar-refractivity contribution in [3.05, 3.63) is 34.7 Å². The molecular weight excluding hydrogens is 317 g/mol. The number of hydrazone groups is 1. The summed E-state index contributed by atoms with van der Waals surface area (Å²) in [6.45, 7) is 2.08. The normalized spacial score (nSPS) is 11.8. The fraction of sp³-hybridized carbons (Fsp3) is 0.231. The Morgan fingerprint density at radius 2 is 2.23 bits per heavy atom. The van der Waals surface area contributed by atoms with Gasteiger partial charge in [-0.3, -0.25) is 5.43 Å². The summed E-state index contributed by atoms with van der Waals surface area (Å²) >= 11 is 1.23. The summed E-state index contributed by atoms with van der Waals surface area (Å²) in [4.78, 5) is 3.92. The van der Waals surface area contributed by atoms with Gasteiger partial charge in [0, 0.05) is 10.9 Å². The number of anilines is 2. The van der Waals surface area contributed by atoms with Crippen molar-refractivity contribution < 1.29 is 17.9 Å². The summed E-state index contributed by atoms with van der Waals surface area (Å²) in [6, 6.07) is 3.22. The lowest BCUT2D eigenvalue weighted by atomic mass is 10.1. The number of benzene rings is 1. The first kappa shape index (κ1) is 16.1. The van der Waals surface area contributed by atoms with E-state index in [9.17, 15) is 13.2 Å². The SMILES string of the molecule is CCOc1ccc(C(F)(F)F)cc1C=NNc1nc(N)cs1. The highest BCUT2D eigenvalue weighted by molar-refractivity contribution is 7.14. The number of rotatable bonds is 5. The van der Waals surface area contributed by atoms with Gasteiger partial charge >= 0.3 is 6.18 Å². The summed E-state index contributed by atoms with van der Waals surface area (Å²) in [5.74, 6) is 0.663. The quantitative estimate of drug-likeness (QED) is 0.649. The Morgan fingerprint density at radius 3 is 2.82 bits per heavy atom. The second kappa shape index (κ2) is 6.65. The molecule has 0 atom stereocenters. The molecule has 0 amide bonds. The molecule has 0 radical (unpaired) electrons. The maximum absolute atomic E-state index is 12.8. The Labute approximate surface area is 128 Å². The zero-order valence-electron chi connectivity index (χ0n) is 11.5. The Hall–Kier alpha value is -2.29. The van der Waals surface area contributed by atoms with Crippen molar-refractivity contribution in [2.24, 2.45) is 5.10 Å². The van der Waals surface area contributed by atoms with Crippen molar-refractivity contribution in [2.45, 2.75) is 13.1 Å². The summed E-state index contributed by atoms with van der Waals surface area (Å²) in [5, 5.41) is 5.92. The summed E-state index contributed by atoms with van der Waals surface area (Å²) in [7, 11) is 0. The molecule has 22 heavy (non-hydrogen) atoms. The van der Waals surface area contributed by atoms with Crippen LogP contribution in [0.25, 0.3) is 0 Å². The van der Waals surface area contributed by atoms with Crippen molar-refractivity contribution in [2.75, 3.05) is 17.8 Å². The highest BCUT2D eigenvalue weighted by Gasteiger charge is 2.31. The van der Waals surface area contributed by atoms with Crippen molar-refractivity contribution in [1.82, 2.24) is 4.98 Å². The lowest BCUT2D eigenvalue weighted by Crippen LogP contribution is -2.07. The number of hydrogen-bond acceptors (Lipinski definition) is 6. The first-order valence-electron chi connectivity index (χ1n) is 6.24. The molecule has 0 unspecified atom stereocenters. The smallest absolute Gasteiger partial charge is 0.416 e. The maximum atomic E-state index is 12.8. The monoisotopic (exact) mass is 330 g/mol. The van der Waals surface area contributed by atoms with Crippen LogP contribution in [0.1, 0.15) is 18.1 Å². The van der Waals surface area contributed by atoms with E-state index in [0.29, 0.717) is 23.3 Å². The Morgan fingerprint density at radius 1 is 1.45 bits per heavy atom. The summed E-state index contributed by atoms with van der Waals surface area (Å²) in [5.41, 5.74) is 7.51. The molecule has 2 aromatic rings. The van der Waals surface area contributed by atoms with Crippen LogP contribution in [0, 0.1) is 0 Å². The zero-order chi connectivity index (χ0) is 16.2. The summed E-state index contributed by atoms with van der Waals surface area (Å²) < 4.78 is 43.5. The molecule has 0 saturated carbocycles. The molecule has 0 aliphatic heterocycles. The molecule has 1 heterocycles. The molecule has 118 valence electrons. The first-order chi connectivity index (χ1) is 10.4. The van der Waals surface area contributed by atoms with Gasteiger partial charge in [0.05, 0.1) is 18.4 Å². The van der Waals surface area contributed by atoms with Crippen molar-refractivity contribution in [3.63, 3.8) is 0 Å². The number of hydrogen-bond donors (Lipinski definition) is 2. The molecule has 3 N–H and O–H groups in total. The molecule has 0 fully saturated rings. The van der Waals surface area contributed by atoms with E-state index < -0.39 is 11.7 Å². The lowest BCUT2D eigenvalue weighted by Gasteiger charge is -2.11. The number of thiazole rings is 1.